The van der Waals surface area contributed by atoms with Crippen molar-refractivity contribution in [3.05, 3.63) is 30.9 Å². The highest BCUT2D eigenvalue weighted by atomic mass is 32.2. The second-order valence-corrected chi connectivity index (χ2v) is 6.00. The molecule has 0 radical (unpaired) electrons. The Kier molecular flexibility index (Phi) is 3.05. The summed E-state index contributed by atoms with van der Waals surface area (Å²) in [7, 11) is -0.539. The number of hydrogen-bond donors (Lipinski definition) is 1. The Morgan fingerprint density at radius 2 is 2.06 bits per heavy atom. The van der Waals surface area contributed by atoms with Gasteiger partial charge < -0.3 is 5.73 Å². The lowest BCUT2D eigenvalue weighted by Gasteiger charge is -2.13. The van der Waals surface area contributed by atoms with Crippen molar-refractivity contribution in [1.29, 1.82) is 0 Å². The van der Waals surface area contributed by atoms with Crippen LogP contribution in [0.5, 0.6) is 0 Å². The van der Waals surface area contributed by atoms with E-state index in [1.807, 2.05) is 0 Å². The summed E-state index contributed by atoms with van der Waals surface area (Å²) in [6.07, 6.45) is 2.87. The Hall–Kier alpha value is -1.93. The summed E-state index contributed by atoms with van der Waals surface area (Å²) in [6, 6.07) is 4.50. The number of hydrogen-bond acceptors (Lipinski definition) is 5. The molecule has 1 aromatic carbocycles. The molecular formula is C10H13N5O2S. The molecule has 0 unspecified atom stereocenters. The Bertz CT molecular complexity index is 649. The number of nitrogen functional groups attached to an aromatic ring is 1. The van der Waals surface area contributed by atoms with Crippen molar-refractivity contribution in [1.82, 2.24) is 19.1 Å². The van der Waals surface area contributed by atoms with Crippen molar-refractivity contribution in [3.8, 4) is 5.69 Å². The van der Waals surface area contributed by atoms with Gasteiger partial charge in [0.2, 0.25) is 10.0 Å². The highest BCUT2D eigenvalue weighted by Gasteiger charge is 2.18. The molecule has 0 aliphatic heterocycles. The number of sulfonamides is 1. The first-order valence-electron chi connectivity index (χ1n) is 5.10. The fourth-order valence-corrected chi connectivity index (χ4v) is 2.38. The van der Waals surface area contributed by atoms with Crippen LogP contribution in [-0.4, -0.2) is 41.6 Å². The van der Waals surface area contributed by atoms with E-state index in [0.29, 0.717) is 11.4 Å². The maximum Gasteiger partial charge on any atom is 0.242 e. The van der Waals surface area contributed by atoms with Gasteiger partial charge in [0, 0.05) is 14.1 Å². The summed E-state index contributed by atoms with van der Waals surface area (Å²) < 4.78 is 26.4. The zero-order valence-electron chi connectivity index (χ0n) is 9.98. The highest BCUT2D eigenvalue weighted by molar-refractivity contribution is 7.89. The zero-order chi connectivity index (χ0) is 13.3. The van der Waals surface area contributed by atoms with Crippen molar-refractivity contribution >= 4 is 15.7 Å². The maximum absolute atomic E-state index is 11.9. The summed E-state index contributed by atoms with van der Waals surface area (Å²) in [5.74, 6) is 0. The van der Waals surface area contributed by atoms with E-state index in [1.54, 1.807) is 6.07 Å². The molecule has 0 atom stereocenters. The molecule has 2 rings (SSSR count). The van der Waals surface area contributed by atoms with Gasteiger partial charge in [0.1, 0.15) is 12.7 Å². The largest absolute Gasteiger partial charge is 0.397 e. The predicted octanol–water partition coefficient (Wildman–Crippen LogP) is 0.0998. The molecule has 18 heavy (non-hydrogen) atoms. The summed E-state index contributed by atoms with van der Waals surface area (Å²) in [4.78, 5) is 3.96. The van der Waals surface area contributed by atoms with Crippen LogP contribution in [0.4, 0.5) is 5.69 Å². The lowest BCUT2D eigenvalue weighted by Crippen LogP contribution is -2.22. The number of nitrogens with zero attached hydrogens (tertiary/aromatic N) is 4. The summed E-state index contributed by atoms with van der Waals surface area (Å²) >= 11 is 0. The van der Waals surface area contributed by atoms with E-state index in [1.165, 1.54) is 43.6 Å². The summed E-state index contributed by atoms with van der Waals surface area (Å²) in [5, 5.41) is 3.94. The van der Waals surface area contributed by atoms with E-state index in [-0.39, 0.29) is 4.90 Å². The summed E-state index contributed by atoms with van der Waals surface area (Å²) in [6.45, 7) is 0. The van der Waals surface area contributed by atoms with Crippen LogP contribution in [0.2, 0.25) is 0 Å². The first-order chi connectivity index (χ1) is 8.43. The molecule has 0 saturated carbocycles. The van der Waals surface area contributed by atoms with Gasteiger partial charge in [-0.2, -0.15) is 5.10 Å². The molecule has 7 nitrogen and oxygen atoms in total. The van der Waals surface area contributed by atoms with Gasteiger partial charge in [0.25, 0.3) is 0 Å². The minimum Gasteiger partial charge on any atom is -0.397 e. The zero-order valence-corrected chi connectivity index (χ0v) is 10.8. The number of nitrogens with two attached hydrogens (primary N) is 1. The van der Waals surface area contributed by atoms with Crippen molar-refractivity contribution in [3.63, 3.8) is 0 Å². The van der Waals surface area contributed by atoms with Gasteiger partial charge in [-0.1, -0.05) is 0 Å². The van der Waals surface area contributed by atoms with Crippen LogP contribution in [0.3, 0.4) is 0 Å². The monoisotopic (exact) mass is 267 g/mol. The molecule has 96 valence electrons. The van der Waals surface area contributed by atoms with E-state index in [9.17, 15) is 8.42 Å². The Balaban J connectivity index is 2.50. The Morgan fingerprint density at radius 3 is 2.56 bits per heavy atom. The lowest BCUT2D eigenvalue weighted by atomic mass is 10.3. The van der Waals surface area contributed by atoms with Crippen LogP contribution in [0.25, 0.3) is 5.69 Å². The van der Waals surface area contributed by atoms with Crippen molar-refractivity contribution in [2.75, 3.05) is 19.8 Å². The Labute approximate surface area is 105 Å². The molecule has 0 amide bonds. The average molecular weight is 267 g/mol. The molecule has 2 N–H and O–H groups in total. The van der Waals surface area contributed by atoms with E-state index in [2.05, 4.69) is 10.1 Å². The minimum absolute atomic E-state index is 0.147. The van der Waals surface area contributed by atoms with E-state index < -0.39 is 10.0 Å². The standard InChI is InChI=1S/C10H13N5O2S/c1-14(2)18(16,17)8-3-4-10(9(11)5-8)15-7-12-6-13-15/h3-7H,11H2,1-2H3. The van der Waals surface area contributed by atoms with Crippen molar-refractivity contribution in [2.24, 2.45) is 0 Å². The first-order valence-corrected chi connectivity index (χ1v) is 6.54. The first kappa shape index (κ1) is 12.5. The lowest BCUT2D eigenvalue weighted by molar-refractivity contribution is 0.521. The predicted molar refractivity (Wildman–Crippen MR) is 66.6 cm³/mol. The fraction of sp³-hybridized carbons (Fsp3) is 0.200. The molecule has 0 fully saturated rings. The average Bonchev–Trinajstić information content (AvgIpc) is 2.82. The smallest absolute Gasteiger partial charge is 0.242 e. The third-order valence-electron chi connectivity index (χ3n) is 2.44. The molecule has 0 saturated heterocycles. The van der Waals surface area contributed by atoms with Crippen LogP contribution >= 0.6 is 0 Å². The number of benzene rings is 1. The van der Waals surface area contributed by atoms with Gasteiger partial charge in [-0.15, -0.1) is 0 Å². The minimum atomic E-state index is -3.48. The maximum atomic E-state index is 11.9. The van der Waals surface area contributed by atoms with E-state index >= 15 is 0 Å². The van der Waals surface area contributed by atoms with Crippen molar-refractivity contribution in [2.45, 2.75) is 4.90 Å². The van der Waals surface area contributed by atoms with Gasteiger partial charge in [-0.25, -0.2) is 22.4 Å². The molecule has 0 aliphatic rings. The quantitative estimate of drug-likeness (QED) is 0.796. The van der Waals surface area contributed by atoms with Crippen LogP contribution in [-0.2, 0) is 10.0 Å². The molecule has 0 aliphatic carbocycles. The Morgan fingerprint density at radius 1 is 1.33 bits per heavy atom. The number of rotatable bonds is 3. The van der Waals surface area contributed by atoms with Crippen LogP contribution in [0.15, 0.2) is 35.7 Å². The van der Waals surface area contributed by atoms with Crippen LogP contribution < -0.4 is 5.73 Å². The number of anilines is 1. The molecule has 1 aromatic heterocycles. The van der Waals surface area contributed by atoms with Crippen LogP contribution in [0.1, 0.15) is 0 Å². The molecule has 1 heterocycles. The van der Waals surface area contributed by atoms with Crippen molar-refractivity contribution < 1.29 is 8.42 Å². The van der Waals surface area contributed by atoms with Gasteiger partial charge >= 0.3 is 0 Å². The van der Waals surface area contributed by atoms with Gasteiger partial charge in [0.05, 0.1) is 16.3 Å². The topological polar surface area (TPSA) is 94.1 Å². The summed E-state index contributed by atoms with van der Waals surface area (Å²) in [5.41, 5.74) is 6.75. The molecular weight excluding hydrogens is 254 g/mol. The molecule has 2 aromatic rings. The van der Waals surface area contributed by atoms with E-state index in [4.69, 9.17) is 5.73 Å². The van der Waals surface area contributed by atoms with E-state index in [0.717, 1.165) is 4.31 Å². The highest BCUT2D eigenvalue weighted by Crippen LogP contribution is 2.22. The molecule has 0 bridgehead atoms. The second-order valence-electron chi connectivity index (χ2n) is 3.85. The third kappa shape index (κ3) is 2.07. The van der Waals surface area contributed by atoms with Gasteiger partial charge in [-0.05, 0) is 18.2 Å². The van der Waals surface area contributed by atoms with Gasteiger partial charge in [0.15, 0.2) is 0 Å². The second kappa shape index (κ2) is 4.39. The third-order valence-corrected chi connectivity index (χ3v) is 4.25. The fourth-order valence-electron chi connectivity index (χ4n) is 1.45. The molecule has 0 spiro atoms. The molecule has 8 heteroatoms. The normalized spacial score (nSPS) is 11.9. The van der Waals surface area contributed by atoms with Crippen LogP contribution in [0, 0.1) is 0 Å². The SMILES string of the molecule is CN(C)S(=O)(=O)c1ccc(-n2cncn2)c(N)c1. The van der Waals surface area contributed by atoms with Gasteiger partial charge in [-0.3, -0.25) is 0 Å². The number of aromatic nitrogens is 3.